The fourth-order valence-corrected chi connectivity index (χ4v) is 5.02. The largest absolute Gasteiger partial charge is 0.465 e. The maximum absolute atomic E-state index is 11.3. The van der Waals surface area contributed by atoms with Crippen LogP contribution in [0.15, 0.2) is 29.1 Å². The molecule has 0 spiro atoms. The second-order valence-electron chi connectivity index (χ2n) is 6.27. The van der Waals surface area contributed by atoms with Crippen molar-refractivity contribution in [3.63, 3.8) is 0 Å². The first-order valence-electron chi connectivity index (χ1n) is 8.23. The lowest BCUT2D eigenvalue weighted by atomic mass is 10.1. The summed E-state index contributed by atoms with van der Waals surface area (Å²) in [6, 6.07) is 3.97. The van der Waals surface area contributed by atoms with Gasteiger partial charge in [-0.1, -0.05) is 0 Å². The van der Waals surface area contributed by atoms with Crippen LogP contribution >= 0.6 is 27.3 Å². The summed E-state index contributed by atoms with van der Waals surface area (Å²) in [7, 11) is 0. The fourth-order valence-electron chi connectivity index (χ4n) is 3.37. The van der Waals surface area contributed by atoms with Crippen LogP contribution in [-0.4, -0.2) is 42.8 Å². The van der Waals surface area contributed by atoms with Gasteiger partial charge in [0.05, 0.1) is 29.3 Å². The van der Waals surface area contributed by atoms with Gasteiger partial charge in [-0.25, -0.2) is 14.8 Å². The Hall–Kier alpha value is -2.72. The number of nitrogens with one attached hydrogen (secondary N) is 2. The van der Waals surface area contributed by atoms with Crippen LogP contribution in [0.5, 0.6) is 0 Å². The first kappa shape index (κ1) is 16.5. The molecule has 5 rings (SSSR count). The zero-order valence-corrected chi connectivity index (χ0v) is 16.3. The molecule has 0 bridgehead atoms. The number of carboxylic acid groups (broad SMARTS) is 1. The zero-order valence-electron chi connectivity index (χ0n) is 13.9. The minimum absolute atomic E-state index is 0.399. The number of anilines is 2. The molecule has 4 aromatic rings. The van der Waals surface area contributed by atoms with Crippen LogP contribution < -0.4 is 5.32 Å². The van der Waals surface area contributed by atoms with Crippen molar-refractivity contribution in [1.29, 1.82) is 0 Å². The second kappa shape index (κ2) is 6.17. The first-order valence-corrected chi connectivity index (χ1v) is 9.84. The summed E-state index contributed by atoms with van der Waals surface area (Å²) in [5, 5.41) is 21.6. The van der Waals surface area contributed by atoms with Gasteiger partial charge in [0.25, 0.3) is 0 Å². The Morgan fingerprint density at radius 1 is 1.37 bits per heavy atom. The van der Waals surface area contributed by atoms with Gasteiger partial charge in [-0.3, -0.25) is 5.10 Å². The van der Waals surface area contributed by atoms with Gasteiger partial charge < -0.3 is 15.3 Å². The third-order valence-corrected chi connectivity index (χ3v) is 6.47. The smallest absolute Gasteiger partial charge is 0.407 e. The van der Waals surface area contributed by atoms with Crippen molar-refractivity contribution >= 4 is 66.0 Å². The molecule has 27 heavy (non-hydrogen) atoms. The highest BCUT2D eigenvalue weighted by Crippen LogP contribution is 2.39. The van der Waals surface area contributed by atoms with Gasteiger partial charge in [-0.05, 0) is 40.0 Å². The van der Waals surface area contributed by atoms with Gasteiger partial charge in [-0.15, -0.1) is 11.3 Å². The topological polar surface area (TPSA) is 107 Å². The highest BCUT2D eigenvalue weighted by atomic mass is 79.9. The molecule has 0 saturated carbocycles. The standard InChI is InChI=1S/C17H13BrN6O2S/c18-10-4-11-8(5-21-23-11)3-12(10)22-15-14-9-1-2-24(17(25)26)6-13(9)27-16(14)20-7-19-15/h3-5,7H,1-2,6H2,(H,21,23)(H,25,26)(H,19,20,22). The van der Waals surface area contributed by atoms with Gasteiger partial charge in [0.15, 0.2) is 0 Å². The first-order chi connectivity index (χ1) is 13.1. The van der Waals surface area contributed by atoms with Gasteiger partial charge >= 0.3 is 6.09 Å². The van der Waals surface area contributed by atoms with E-state index in [-0.39, 0.29) is 0 Å². The molecule has 3 aromatic heterocycles. The van der Waals surface area contributed by atoms with Crippen LogP contribution in [0.1, 0.15) is 10.4 Å². The highest BCUT2D eigenvalue weighted by molar-refractivity contribution is 9.10. The maximum atomic E-state index is 11.3. The molecular weight excluding hydrogens is 432 g/mol. The van der Waals surface area contributed by atoms with Gasteiger partial charge in [-0.2, -0.15) is 5.10 Å². The summed E-state index contributed by atoms with van der Waals surface area (Å²) in [5.41, 5.74) is 2.96. The molecule has 4 heterocycles. The van der Waals surface area contributed by atoms with E-state index < -0.39 is 6.09 Å². The van der Waals surface area contributed by atoms with Crippen LogP contribution in [0.2, 0.25) is 0 Å². The van der Waals surface area contributed by atoms with Gasteiger partial charge in [0.2, 0.25) is 0 Å². The van der Waals surface area contributed by atoms with Crippen molar-refractivity contribution in [3.8, 4) is 0 Å². The van der Waals surface area contributed by atoms with E-state index in [0.29, 0.717) is 19.5 Å². The van der Waals surface area contributed by atoms with Crippen LogP contribution in [0, 0.1) is 0 Å². The predicted molar refractivity (Wildman–Crippen MR) is 107 cm³/mol. The molecule has 10 heteroatoms. The lowest BCUT2D eigenvalue weighted by Gasteiger charge is -2.24. The molecule has 1 amide bonds. The quantitative estimate of drug-likeness (QED) is 0.429. The van der Waals surface area contributed by atoms with Crippen molar-refractivity contribution in [2.75, 3.05) is 11.9 Å². The Morgan fingerprint density at radius 2 is 2.26 bits per heavy atom. The number of fused-ring (bicyclic) bond motifs is 4. The number of hydrogen-bond acceptors (Lipinski definition) is 6. The second-order valence-corrected chi connectivity index (χ2v) is 8.21. The summed E-state index contributed by atoms with van der Waals surface area (Å²) < 4.78 is 0.896. The minimum atomic E-state index is -0.889. The van der Waals surface area contributed by atoms with Crippen LogP contribution in [0.25, 0.3) is 21.1 Å². The molecule has 0 saturated heterocycles. The number of aromatic amines is 1. The Bertz CT molecular complexity index is 1200. The predicted octanol–water partition coefficient (Wildman–Crippen LogP) is 4.11. The third-order valence-electron chi connectivity index (χ3n) is 4.69. The van der Waals surface area contributed by atoms with Crippen LogP contribution in [0.3, 0.4) is 0 Å². The number of hydrogen-bond donors (Lipinski definition) is 3. The highest BCUT2D eigenvalue weighted by Gasteiger charge is 2.26. The van der Waals surface area contributed by atoms with Crippen molar-refractivity contribution in [2.24, 2.45) is 0 Å². The van der Waals surface area contributed by atoms with E-state index in [9.17, 15) is 9.90 Å². The Balaban J connectivity index is 1.59. The molecule has 0 fully saturated rings. The van der Waals surface area contributed by atoms with E-state index in [1.807, 2.05) is 12.1 Å². The van der Waals surface area contributed by atoms with Crippen molar-refractivity contribution < 1.29 is 9.90 Å². The van der Waals surface area contributed by atoms with Crippen LogP contribution in [-0.2, 0) is 13.0 Å². The molecule has 1 aromatic carbocycles. The molecule has 136 valence electrons. The number of benzene rings is 1. The van der Waals surface area contributed by atoms with E-state index in [0.717, 1.165) is 47.5 Å². The van der Waals surface area contributed by atoms with Gasteiger partial charge in [0, 0.05) is 21.3 Å². The molecule has 8 nitrogen and oxygen atoms in total. The van der Waals surface area contributed by atoms with Crippen molar-refractivity contribution in [2.45, 2.75) is 13.0 Å². The van der Waals surface area contributed by atoms with E-state index in [1.54, 1.807) is 6.20 Å². The normalized spacial score (nSPS) is 13.9. The molecular formula is C17H13BrN6O2S. The summed E-state index contributed by atoms with van der Waals surface area (Å²) in [6.45, 7) is 0.878. The monoisotopic (exact) mass is 444 g/mol. The molecule has 0 aliphatic carbocycles. The average molecular weight is 445 g/mol. The summed E-state index contributed by atoms with van der Waals surface area (Å²) in [6.07, 6.45) is 3.08. The molecule has 1 aliphatic heterocycles. The van der Waals surface area contributed by atoms with Crippen molar-refractivity contribution in [3.05, 3.63) is 39.6 Å². The maximum Gasteiger partial charge on any atom is 0.407 e. The van der Waals surface area contributed by atoms with Gasteiger partial charge in [0.1, 0.15) is 17.0 Å². The van der Waals surface area contributed by atoms with Crippen molar-refractivity contribution in [1.82, 2.24) is 25.1 Å². The number of carbonyl (C=O) groups is 1. The molecule has 1 aliphatic rings. The summed E-state index contributed by atoms with van der Waals surface area (Å²) in [5.74, 6) is 0.727. The molecule has 3 N–H and O–H groups in total. The average Bonchev–Trinajstić information content (AvgIpc) is 3.25. The summed E-state index contributed by atoms with van der Waals surface area (Å²) in [4.78, 5) is 23.5. The number of halogens is 1. The number of rotatable bonds is 2. The zero-order chi connectivity index (χ0) is 18.5. The lowest BCUT2D eigenvalue weighted by Crippen LogP contribution is -2.34. The Morgan fingerprint density at radius 3 is 3.11 bits per heavy atom. The number of thiophene rings is 1. The fraction of sp³-hybridized carbons (Fsp3) is 0.176. The number of H-pyrrole nitrogens is 1. The number of amides is 1. The SMILES string of the molecule is O=C(O)N1CCc2c(sc3ncnc(Nc4cc5cn[nH]c5cc4Br)c23)C1. The van der Waals surface area contributed by atoms with E-state index in [1.165, 1.54) is 22.6 Å². The van der Waals surface area contributed by atoms with E-state index >= 15 is 0 Å². The number of nitrogens with zero attached hydrogens (tertiary/aromatic N) is 4. The molecule has 0 unspecified atom stereocenters. The summed E-state index contributed by atoms with van der Waals surface area (Å²) >= 11 is 5.12. The van der Waals surface area contributed by atoms with E-state index in [4.69, 9.17) is 0 Å². The Labute approximate surface area is 165 Å². The molecule has 0 radical (unpaired) electrons. The van der Waals surface area contributed by atoms with Crippen LogP contribution in [0.4, 0.5) is 16.3 Å². The third kappa shape index (κ3) is 2.72. The lowest BCUT2D eigenvalue weighted by molar-refractivity contribution is 0.140. The Kier molecular flexibility index (Phi) is 3.76. The molecule has 0 atom stereocenters. The van der Waals surface area contributed by atoms with E-state index in [2.05, 4.69) is 41.4 Å². The number of aromatic nitrogens is 4. The minimum Gasteiger partial charge on any atom is -0.465 e.